The van der Waals surface area contributed by atoms with Gasteiger partial charge in [0.1, 0.15) is 24.4 Å². The van der Waals surface area contributed by atoms with E-state index in [4.69, 9.17) is 23.7 Å². The Morgan fingerprint density at radius 1 is 0.892 bits per heavy atom. The SMILES string of the molecule is CO[C@H]1O[C@@H]2COC(c3ccccc3)O[C@H]2[C@@H](OCc2ccccc2)[C@@H]1n1nncc1-c1ccccc1. The standard InChI is InChI=1S/C29H29N3O5/c1-33-29-25(32-23(17-30-31-32)21-13-7-3-8-14-21)27(34-18-20-11-5-2-6-12-20)26-24(36-29)19-35-28(37-26)22-15-9-4-10-16-22/h2-17,24-29H,18-19H2,1H3/t24-,25+,26-,27+,28?,29+/m1/s1. The smallest absolute Gasteiger partial charge is 0.184 e. The Hall–Kier alpha value is -3.40. The summed E-state index contributed by atoms with van der Waals surface area (Å²) in [5.41, 5.74) is 3.83. The molecule has 190 valence electrons. The lowest BCUT2D eigenvalue weighted by atomic mass is 9.94. The van der Waals surface area contributed by atoms with Crippen molar-refractivity contribution in [3.8, 4) is 11.3 Å². The quantitative estimate of drug-likeness (QED) is 0.369. The highest BCUT2D eigenvalue weighted by Gasteiger charge is 2.52. The Morgan fingerprint density at radius 2 is 1.59 bits per heavy atom. The number of benzene rings is 3. The molecular formula is C29H29N3O5. The lowest BCUT2D eigenvalue weighted by molar-refractivity contribution is -0.353. The maximum Gasteiger partial charge on any atom is 0.184 e. The van der Waals surface area contributed by atoms with Crippen LogP contribution in [0.2, 0.25) is 0 Å². The molecule has 0 saturated carbocycles. The Bertz CT molecular complexity index is 1270. The van der Waals surface area contributed by atoms with E-state index in [2.05, 4.69) is 10.3 Å². The highest BCUT2D eigenvalue weighted by Crippen LogP contribution is 2.41. The molecule has 0 N–H and O–H groups in total. The zero-order chi connectivity index (χ0) is 25.0. The van der Waals surface area contributed by atoms with Crippen molar-refractivity contribution in [2.75, 3.05) is 13.7 Å². The fourth-order valence-electron chi connectivity index (χ4n) is 5.03. The van der Waals surface area contributed by atoms with E-state index >= 15 is 0 Å². The van der Waals surface area contributed by atoms with Gasteiger partial charge in [-0.05, 0) is 5.56 Å². The summed E-state index contributed by atoms with van der Waals surface area (Å²) < 4.78 is 33.4. The van der Waals surface area contributed by atoms with Crippen molar-refractivity contribution in [3.63, 3.8) is 0 Å². The maximum atomic E-state index is 6.65. The number of methoxy groups -OCH3 is 1. The molecule has 0 amide bonds. The minimum Gasteiger partial charge on any atom is -0.368 e. The van der Waals surface area contributed by atoms with Crippen LogP contribution >= 0.6 is 0 Å². The third-order valence-corrected chi connectivity index (χ3v) is 6.82. The van der Waals surface area contributed by atoms with Crippen molar-refractivity contribution in [1.82, 2.24) is 15.0 Å². The van der Waals surface area contributed by atoms with Gasteiger partial charge in [0, 0.05) is 18.2 Å². The molecule has 1 unspecified atom stereocenters. The molecule has 0 aliphatic carbocycles. The van der Waals surface area contributed by atoms with E-state index < -0.39 is 30.8 Å². The number of hydrogen-bond donors (Lipinski definition) is 0. The molecule has 3 heterocycles. The topological polar surface area (TPSA) is 76.9 Å². The molecule has 2 fully saturated rings. The fraction of sp³-hybridized carbons (Fsp3) is 0.310. The third kappa shape index (κ3) is 4.94. The summed E-state index contributed by atoms with van der Waals surface area (Å²) in [6.07, 6.45) is -0.676. The summed E-state index contributed by atoms with van der Waals surface area (Å²) in [6, 6.07) is 29.5. The molecule has 2 aliphatic heterocycles. The first-order chi connectivity index (χ1) is 18.3. The van der Waals surface area contributed by atoms with E-state index in [0.717, 1.165) is 22.4 Å². The van der Waals surface area contributed by atoms with Gasteiger partial charge in [-0.2, -0.15) is 0 Å². The van der Waals surface area contributed by atoms with Gasteiger partial charge in [-0.3, -0.25) is 0 Å². The van der Waals surface area contributed by atoms with Crippen molar-refractivity contribution in [1.29, 1.82) is 0 Å². The summed E-state index contributed by atoms with van der Waals surface area (Å²) >= 11 is 0. The van der Waals surface area contributed by atoms with Crippen LogP contribution in [0.4, 0.5) is 0 Å². The molecule has 2 aliphatic rings. The second-order valence-electron chi connectivity index (χ2n) is 9.14. The molecule has 8 nitrogen and oxygen atoms in total. The Morgan fingerprint density at radius 3 is 2.32 bits per heavy atom. The normalized spacial score (nSPS) is 27.5. The lowest BCUT2D eigenvalue weighted by Crippen LogP contribution is -2.60. The molecule has 0 spiro atoms. The van der Waals surface area contributed by atoms with Gasteiger partial charge < -0.3 is 23.7 Å². The van der Waals surface area contributed by atoms with Gasteiger partial charge in [0.2, 0.25) is 0 Å². The molecule has 1 aromatic heterocycles. The molecule has 2 saturated heterocycles. The van der Waals surface area contributed by atoms with Gasteiger partial charge in [-0.25, -0.2) is 4.68 Å². The van der Waals surface area contributed by atoms with Gasteiger partial charge in [0.25, 0.3) is 0 Å². The number of rotatable bonds is 7. The van der Waals surface area contributed by atoms with Gasteiger partial charge in [-0.15, -0.1) is 5.10 Å². The Kier molecular flexibility index (Phi) is 7.07. The minimum absolute atomic E-state index is 0.352. The molecule has 8 heteroatoms. The average Bonchev–Trinajstić information content (AvgIpc) is 3.46. The Labute approximate surface area is 215 Å². The molecule has 4 aromatic rings. The summed E-state index contributed by atoms with van der Waals surface area (Å²) in [7, 11) is 1.63. The van der Waals surface area contributed by atoms with Crippen LogP contribution in [0.15, 0.2) is 97.2 Å². The zero-order valence-electron chi connectivity index (χ0n) is 20.5. The number of aromatic nitrogens is 3. The highest BCUT2D eigenvalue weighted by atomic mass is 16.7. The summed E-state index contributed by atoms with van der Waals surface area (Å²) in [5, 5.41) is 8.72. The highest BCUT2D eigenvalue weighted by molar-refractivity contribution is 5.58. The van der Waals surface area contributed by atoms with E-state index in [1.165, 1.54) is 0 Å². The first-order valence-electron chi connectivity index (χ1n) is 12.4. The lowest BCUT2D eigenvalue weighted by Gasteiger charge is -2.49. The van der Waals surface area contributed by atoms with Crippen LogP contribution in [0.5, 0.6) is 0 Å². The second-order valence-corrected chi connectivity index (χ2v) is 9.14. The third-order valence-electron chi connectivity index (χ3n) is 6.82. The van der Waals surface area contributed by atoms with E-state index in [-0.39, 0.29) is 6.10 Å². The largest absolute Gasteiger partial charge is 0.368 e. The number of fused-ring (bicyclic) bond motifs is 1. The fourth-order valence-corrected chi connectivity index (χ4v) is 5.03. The number of hydrogen-bond acceptors (Lipinski definition) is 7. The molecule has 6 atom stereocenters. The summed E-state index contributed by atoms with van der Waals surface area (Å²) in [5.74, 6) is 0. The Balaban J connectivity index is 1.37. The predicted molar refractivity (Wildman–Crippen MR) is 135 cm³/mol. The average molecular weight is 500 g/mol. The monoisotopic (exact) mass is 499 g/mol. The van der Waals surface area contributed by atoms with E-state index in [9.17, 15) is 0 Å². The van der Waals surface area contributed by atoms with Crippen LogP contribution < -0.4 is 0 Å². The van der Waals surface area contributed by atoms with Crippen LogP contribution in [0, 0.1) is 0 Å². The molecule has 3 aromatic carbocycles. The first-order valence-corrected chi connectivity index (χ1v) is 12.4. The van der Waals surface area contributed by atoms with Gasteiger partial charge in [0.15, 0.2) is 12.6 Å². The zero-order valence-corrected chi connectivity index (χ0v) is 20.5. The van der Waals surface area contributed by atoms with Crippen LogP contribution in [-0.4, -0.2) is 53.3 Å². The first kappa shape index (κ1) is 24.0. The van der Waals surface area contributed by atoms with E-state index in [0.29, 0.717) is 13.2 Å². The van der Waals surface area contributed by atoms with Gasteiger partial charge in [0.05, 0.1) is 25.1 Å². The van der Waals surface area contributed by atoms with Gasteiger partial charge >= 0.3 is 0 Å². The van der Waals surface area contributed by atoms with Crippen molar-refractivity contribution in [3.05, 3.63) is 108 Å². The molecular weight excluding hydrogens is 470 g/mol. The van der Waals surface area contributed by atoms with Crippen LogP contribution in [0.1, 0.15) is 23.5 Å². The van der Waals surface area contributed by atoms with Crippen LogP contribution in [0.3, 0.4) is 0 Å². The van der Waals surface area contributed by atoms with E-state index in [1.54, 1.807) is 13.3 Å². The summed E-state index contributed by atoms with van der Waals surface area (Å²) in [4.78, 5) is 0. The van der Waals surface area contributed by atoms with Crippen LogP contribution in [0.25, 0.3) is 11.3 Å². The van der Waals surface area contributed by atoms with Crippen molar-refractivity contribution in [2.24, 2.45) is 0 Å². The van der Waals surface area contributed by atoms with Crippen molar-refractivity contribution >= 4 is 0 Å². The van der Waals surface area contributed by atoms with Crippen molar-refractivity contribution < 1.29 is 23.7 Å². The summed E-state index contributed by atoms with van der Waals surface area (Å²) in [6.45, 7) is 0.752. The molecule has 0 radical (unpaired) electrons. The van der Waals surface area contributed by atoms with Crippen molar-refractivity contribution in [2.45, 2.75) is 43.5 Å². The maximum absolute atomic E-state index is 6.65. The van der Waals surface area contributed by atoms with E-state index in [1.807, 2.05) is 95.7 Å². The second kappa shape index (κ2) is 10.9. The number of ether oxygens (including phenoxy) is 5. The van der Waals surface area contributed by atoms with Gasteiger partial charge in [-0.1, -0.05) is 96.2 Å². The van der Waals surface area contributed by atoms with Crippen LogP contribution in [-0.2, 0) is 30.3 Å². The number of nitrogens with zero attached hydrogens (tertiary/aromatic N) is 3. The molecule has 37 heavy (non-hydrogen) atoms. The predicted octanol–water partition coefficient (Wildman–Crippen LogP) is 4.56. The minimum atomic E-state index is -0.647. The molecule has 6 rings (SSSR count). The molecule has 0 bridgehead atoms.